The van der Waals surface area contributed by atoms with E-state index in [-0.39, 0.29) is 5.56 Å². The van der Waals surface area contributed by atoms with Crippen LogP contribution in [-0.4, -0.2) is 16.1 Å². The predicted octanol–water partition coefficient (Wildman–Crippen LogP) is 2.89. The van der Waals surface area contributed by atoms with Crippen LogP contribution >= 0.6 is 11.6 Å². The summed E-state index contributed by atoms with van der Waals surface area (Å²) in [5.41, 5.74) is 1.60. The number of hydrogen-bond donors (Lipinski definition) is 1. The van der Waals surface area contributed by atoms with E-state index in [1.54, 1.807) is 12.1 Å². The summed E-state index contributed by atoms with van der Waals surface area (Å²) in [6.07, 6.45) is 0. The lowest BCUT2D eigenvalue weighted by molar-refractivity contribution is 0.0697. The number of aromatic carboxylic acids is 1. The molecule has 2 aromatic rings. The first-order valence-electron chi connectivity index (χ1n) is 4.38. The second kappa shape index (κ2) is 3.51. The van der Waals surface area contributed by atoms with Crippen LogP contribution in [0.1, 0.15) is 16.1 Å². The van der Waals surface area contributed by atoms with Crippen molar-refractivity contribution >= 4 is 28.5 Å². The molecule has 2 rings (SSSR count). The van der Waals surface area contributed by atoms with Crippen LogP contribution in [-0.2, 0) is 0 Å². The van der Waals surface area contributed by atoms with Crippen molar-refractivity contribution in [2.24, 2.45) is 0 Å². The summed E-state index contributed by atoms with van der Waals surface area (Å²) in [7, 11) is 0. The Morgan fingerprint density at radius 2 is 2.13 bits per heavy atom. The van der Waals surface area contributed by atoms with Crippen molar-refractivity contribution < 1.29 is 9.90 Å². The van der Waals surface area contributed by atoms with Crippen LogP contribution in [0.25, 0.3) is 10.9 Å². The van der Waals surface area contributed by atoms with Crippen molar-refractivity contribution in [3.8, 4) is 0 Å². The van der Waals surface area contributed by atoms with Gasteiger partial charge in [-0.1, -0.05) is 17.7 Å². The number of benzene rings is 1. The highest BCUT2D eigenvalue weighted by Gasteiger charge is 2.06. The Kier molecular flexibility index (Phi) is 2.32. The SMILES string of the molecule is Cc1cc(Cl)c2ccc(C(=O)O)cc2n1. The second-order valence-electron chi connectivity index (χ2n) is 3.28. The largest absolute Gasteiger partial charge is 0.478 e. The Labute approximate surface area is 91.3 Å². The molecule has 1 heterocycles. The molecule has 0 amide bonds. The number of hydrogen-bond acceptors (Lipinski definition) is 2. The topological polar surface area (TPSA) is 50.2 Å². The van der Waals surface area contributed by atoms with Crippen LogP contribution in [0.4, 0.5) is 0 Å². The van der Waals surface area contributed by atoms with Crippen LogP contribution in [0.15, 0.2) is 24.3 Å². The number of nitrogens with zero attached hydrogens (tertiary/aromatic N) is 1. The van der Waals surface area contributed by atoms with Crippen LogP contribution in [0, 0.1) is 6.92 Å². The van der Waals surface area contributed by atoms with Crippen molar-refractivity contribution in [1.29, 1.82) is 0 Å². The third kappa shape index (κ3) is 1.78. The lowest BCUT2D eigenvalue weighted by atomic mass is 10.1. The Balaban J connectivity index is 2.76. The van der Waals surface area contributed by atoms with Crippen LogP contribution in [0.3, 0.4) is 0 Å². The zero-order chi connectivity index (χ0) is 11.0. The highest BCUT2D eigenvalue weighted by atomic mass is 35.5. The van der Waals surface area contributed by atoms with Gasteiger partial charge in [0.25, 0.3) is 0 Å². The van der Waals surface area contributed by atoms with E-state index in [9.17, 15) is 4.79 Å². The summed E-state index contributed by atoms with van der Waals surface area (Å²) in [5.74, 6) is -0.962. The molecule has 0 unspecified atom stereocenters. The molecular weight excluding hydrogens is 214 g/mol. The Bertz CT molecular complexity index is 552. The van der Waals surface area contributed by atoms with Crippen molar-refractivity contribution in [2.45, 2.75) is 6.92 Å². The molecule has 3 nitrogen and oxygen atoms in total. The first-order chi connectivity index (χ1) is 7.08. The number of aryl methyl sites for hydroxylation is 1. The molecular formula is C11H8ClNO2. The number of carboxylic acids is 1. The van der Waals surface area contributed by atoms with Crippen LogP contribution in [0.2, 0.25) is 5.02 Å². The second-order valence-corrected chi connectivity index (χ2v) is 3.69. The van der Waals surface area contributed by atoms with Crippen molar-refractivity contribution in [2.75, 3.05) is 0 Å². The number of aromatic nitrogens is 1. The normalized spacial score (nSPS) is 10.5. The van der Waals surface area contributed by atoms with Crippen molar-refractivity contribution in [3.63, 3.8) is 0 Å². The lowest BCUT2D eigenvalue weighted by Gasteiger charge is -2.02. The van der Waals surface area contributed by atoms with Gasteiger partial charge in [-0.15, -0.1) is 0 Å². The van der Waals surface area contributed by atoms with E-state index < -0.39 is 5.97 Å². The first-order valence-corrected chi connectivity index (χ1v) is 4.76. The average molecular weight is 222 g/mol. The fourth-order valence-corrected chi connectivity index (χ4v) is 1.76. The maximum atomic E-state index is 10.8. The van der Waals surface area contributed by atoms with E-state index in [1.807, 2.05) is 6.92 Å². The molecule has 0 bridgehead atoms. The summed E-state index contributed by atoms with van der Waals surface area (Å²) in [6, 6.07) is 6.47. The number of pyridine rings is 1. The Hall–Kier alpha value is -1.61. The minimum Gasteiger partial charge on any atom is -0.478 e. The van der Waals surface area contributed by atoms with Gasteiger partial charge in [-0.05, 0) is 25.1 Å². The van der Waals surface area contributed by atoms with E-state index in [1.165, 1.54) is 12.1 Å². The zero-order valence-corrected chi connectivity index (χ0v) is 8.75. The molecule has 4 heteroatoms. The fourth-order valence-electron chi connectivity index (χ4n) is 1.44. The van der Waals surface area contributed by atoms with E-state index in [0.717, 1.165) is 11.1 Å². The first kappa shape index (κ1) is 9.93. The van der Waals surface area contributed by atoms with E-state index in [4.69, 9.17) is 16.7 Å². The molecule has 0 fully saturated rings. The smallest absolute Gasteiger partial charge is 0.335 e. The number of rotatable bonds is 1. The fraction of sp³-hybridized carbons (Fsp3) is 0.0909. The highest BCUT2D eigenvalue weighted by Crippen LogP contribution is 2.23. The van der Waals surface area contributed by atoms with Gasteiger partial charge in [-0.3, -0.25) is 4.98 Å². The monoisotopic (exact) mass is 221 g/mol. The molecule has 0 radical (unpaired) electrons. The molecule has 0 saturated heterocycles. The van der Waals surface area contributed by atoms with Gasteiger partial charge in [0.15, 0.2) is 0 Å². The van der Waals surface area contributed by atoms with Gasteiger partial charge in [-0.25, -0.2) is 4.79 Å². The predicted molar refractivity (Wildman–Crippen MR) is 58.4 cm³/mol. The molecule has 0 aliphatic carbocycles. The maximum Gasteiger partial charge on any atom is 0.335 e. The van der Waals surface area contributed by atoms with Gasteiger partial charge in [-0.2, -0.15) is 0 Å². The maximum absolute atomic E-state index is 10.8. The summed E-state index contributed by atoms with van der Waals surface area (Å²) in [5, 5.41) is 10.2. The Morgan fingerprint density at radius 3 is 2.80 bits per heavy atom. The summed E-state index contributed by atoms with van der Waals surface area (Å²) >= 11 is 6.01. The standard InChI is InChI=1S/C11H8ClNO2/c1-6-4-9(12)8-3-2-7(11(14)15)5-10(8)13-6/h2-5H,1H3,(H,14,15). The zero-order valence-electron chi connectivity index (χ0n) is 7.99. The number of fused-ring (bicyclic) bond motifs is 1. The third-order valence-corrected chi connectivity index (χ3v) is 2.45. The lowest BCUT2D eigenvalue weighted by Crippen LogP contribution is -1.96. The summed E-state index contributed by atoms with van der Waals surface area (Å²) < 4.78 is 0. The van der Waals surface area contributed by atoms with E-state index >= 15 is 0 Å². The molecule has 0 atom stereocenters. The van der Waals surface area contributed by atoms with Gasteiger partial charge in [0.1, 0.15) is 0 Å². The minimum absolute atomic E-state index is 0.219. The number of carboxylic acid groups (broad SMARTS) is 1. The molecule has 1 aromatic carbocycles. The van der Waals surface area contributed by atoms with Gasteiger partial charge < -0.3 is 5.11 Å². The van der Waals surface area contributed by atoms with Gasteiger partial charge in [0.05, 0.1) is 16.1 Å². The molecule has 0 spiro atoms. The third-order valence-electron chi connectivity index (χ3n) is 2.13. The van der Waals surface area contributed by atoms with Gasteiger partial charge >= 0.3 is 5.97 Å². The van der Waals surface area contributed by atoms with Crippen molar-refractivity contribution in [1.82, 2.24) is 4.98 Å². The van der Waals surface area contributed by atoms with Gasteiger partial charge in [0.2, 0.25) is 0 Å². The van der Waals surface area contributed by atoms with Crippen molar-refractivity contribution in [3.05, 3.63) is 40.5 Å². The molecule has 0 aliphatic heterocycles. The molecule has 0 aliphatic rings. The Morgan fingerprint density at radius 1 is 1.40 bits per heavy atom. The molecule has 15 heavy (non-hydrogen) atoms. The van der Waals surface area contributed by atoms with Gasteiger partial charge in [0, 0.05) is 11.1 Å². The molecule has 1 aromatic heterocycles. The number of carbonyl (C=O) groups is 1. The minimum atomic E-state index is -0.962. The molecule has 0 saturated carbocycles. The average Bonchev–Trinajstić information content (AvgIpc) is 2.16. The van der Waals surface area contributed by atoms with Crippen LogP contribution in [0.5, 0.6) is 0 Å². The van der Waals surface area contributed by atoms with Crippen LogP contribution < -0.4 is 0 Å². The molecule has 76 valence electrons. The quantitative estimate of drug-likeness (QED) is 0.806. The summed E-state index contributed by atoms with van der Waals surface area (Å²) in [6.45, 7) is 1.82. The number of halogens is 1. The summed E-state index contributed by atoms with van der Waals surface area (Å²) in [4.78, 5) is 15.0. The van der Waals surface area contributed by atoms with E-state index in [0.29, 0.717) is 10.5 Å². The highest BCUT2D eigenvalue weighted by molar-refractivity contribution is 6.35. The molecule has 1 N–H and O–H groups in total. The van der Waals surface area contributed by atoms with E-state index in [2.05, 4.69) is 4.98 Å².